The molecule has 0 atom stereocenters. The first kappa shape index (κ1) is 38.6. The fraction of sp³-hybridized carbons (Fsp3) is 0. The van der Waals surface area contributed by atoms with Gasteiger partial charge in [-0.3, -0.25) is 0 Å². The fourth-order valence-electron chi connectivity index (χ4n) is 9.75. The summed E-state index contributed by atoms with van der Waals surface area (Å²) < 4.78 is 2.60. The van der Waals surface area contributed by atoms with E-state index in [1.807, 2.05) is 11.3 Å². The third-order valence-electron chi connectivity index (χ3n) is 12.8. The molecule has 0 amide bonds. The molecule has 0 aliphatic rings. The molecule has 0 saturated heterocycles. The highest BCUT2D eigenvalue weighted by atomic mass is 32.1. The Morgan fingerprint density at radius 3 is 1.03 bits per heavy atom. The van der Waals surface area contributed by atoms with Gasteiger partial charge in [0, 0.05) is 31.3 Å². The standard InChI is InChI=1S/C64H42S/c1-5-20-43(21-6-1)48-36-49(44-22-7-2-8-23-44)39-52(38-48)54-29-15-17-32-57(54)59-34-19-35-60-62-56-31-14-13-28-47(56)42-61(64(62)65-63(59)60)58-33-18-16-30-55(58)53-40-50(45-24-9-3-10-25-45)37-51(41-53)46-26-11-4-12-27-46/h1-42H. The van der Waals surface area contributed by atoms with Crippen LogP contribution in [0.2, 0.25) is 0 Å². The molecule has 1 heteroatoms. The normalized spacial score (nSPS) is 11.4. The van der Waals surface area contributed by atoms with Crippen molar-refractivity contribution in [2.45, 2.75) is 0 Å². The lowest BCUT2D eigenvalue weighted by Gasteiger charge is -2.16. The van der Waals surface area contributed by atoms with Gasteiger partial charge in [-0.15, -0.1) is 11.3 Å². The number of thiophene rings is 1. The van der Waals surface area contributed by atoms with E-state index < -0.39 is 0 Å². The zero-order chi connectivity index (χ0) is 43.1. The molecule has 0 N–H and O–H groups in total. The summed E-state index contributed by atoms with van der Waals surface area (Å²) in [6.07, 6.45) is 0. The van der Waals surface area contributed by atoms with Gasteiger partial charge >= 0.3 is 0 Å². The first-order valence-electron chi connectivity index (χ1n) is 22.3. The SMILES string of the molecule is c1ccc(-c2cc(-c3ccccc3)cc(-c3ccccc3-c3cccc4c3sc3c(-c5ccccc5-c5cc(-c6ccccc6)cc(-c6ccccc6)c5)cc5ccccc5c34)c2)cc1. The van der Waals surface area contributed by atoms with Crippen molar-refractivity contribution in [3.63, 3.8) is 0 Å². The lowest BCUT2D eigenvalue weighted by molar-refractivity contribution is 1.56. The van der Waals surface area contributed by atoms with Crippen molar-refractivity contribution in [3.05, 3.63) is 255 Å². The third kappa shape index (κ3) is 7.13. The zero-order valence-corrected chi connectivity index (χ0v) is 36.5. The second kappa shape index (κ2) is 16.5. The maximum Gasteiger partial charge on any atom is 0.0440 e. The summed E-state index contributed by atoms with van der Waals surface area (Å²) in [6.45, 7) is 0. The van der Waals surface area contributed by atoms with E-state index in [1.165, 1.54) is 120 Å². The average Bonchev–Trinajstić information content (AvgIpc) is 3.80. The minimum atomic E-state index is 1.20. The van der Waals surface area contributed by atoms with E-state index in [0.717, 1.165) is 0 Å². The molecule has 0 radical (unpaired) electrons. The van der Waals surface area contributed by atoms with E-state index >= 15 is 0 Å². The Morgan fingerprint density at radius 1 is 0.200 bits per heavy atom. The predicted molar refractivity (Wildman–Crippen MR) is 280 cm³/mol. The van der Waals surface area contributed by atoms with Crippen molar-refractivity contribution < 1.29 is 0 Å². The summed E-state index contributed by atoms with van der Waals surface area (Å²) in [5, 5.41) is 5.12. The fourth-order valence-corrected chi connectivity index (χ4v) is 11.1. The summed E-state index contributed by atoms with van der Waals surface area (Å²) >= 11 is 1.93. The molecule has 0 bridgehead atoms. The smallest absolute Gasteiger partial charge is 0.0440 e. The van der Waals surface area contributed by atoms with Crippen LogP contribution in [-0.4, -0.2) is 0 Å². The van der Waals surface area contributed by atoms with Crippen LogP contribution in [0.4, 0.5) is 0 Å². The van der Waals surface area contributed by atoms with Gasteiger partial charge in [-0.1, -0.05) is 212 Å². The summed E-state index contributed by atoms with van der Waals surface area (Å²) in [7, 11) is 0. The van der Waals surface area contributed by atoms with E-state index in [2.05, 4.69) is 255 Å². The van der Waals surface area contributed by atoms with E-state index in [9.17, 15) is 0 Å². The Balaban J connectivity index is 1.08. The molecule has 65 heavy (non-hydrogen) atoms. The Labute approximate surface area is 384 Å². The zero-order valence-electron chi connectivity index (χ0n) is 35.7. The molecular formula is C64H42S. The molecule has 0 nitrogen and oxygen atoms in total. The Kier molecular flexibility index (Phi) is 9.82. The van der Waals surface area contributed by atoms with Gasteiger partial charge in [0.15, 0.2) is 0 Å². The Morgan fingerprint density at radius 2 is 0.554 bits per heavy atom. The molecule has 1 heterocycles. The van der Waals surface area contributed by atoms with Gasteiger partial charge in [-0.05, 0) is 131 Å². The number of benzene rings is 11. The van der Waals surface area contributed by atoms with Crippen LogP contribution < -0.4 is 0 Å². The van der Waals surface area contributed by atoms with Gasteiger partial charge in [0.1, 0.15) is 0 Å². The summed E-state index contributed by atoms with van der Waals surface area (Å²) in [5.74, 6) is 0. The molecular weight excluding hydrogens is 801 g/mol. The average molecular weight is 843 g/mol. The third-order valence-corrected chi connectivity index (χ3v) is 14.1. The molecule has 0 unspecified atom stereocenters. The summed E-state index contributed by atoms with van der Waals surface area (Å²) in [5.41, 5.74) is 19.4. The molecule has 12 rings (SSSR count). The number of fused-ring (bicyclic) bond motifs is 5. The van der Waals surface area contributed by atoms with Crippen LogP contribution in [0.1, 0.15) is 0 Å². The van der Waals surface area contributed by atoms with Gasteiger partial charge in [-0.2, -0.15) is 0 Å². The Bertz CT molecular complexity index is 3560. The van der Waals surface area contributed by atoms with Gasteiger partial charge in [0.25, 0.3) is 0 Å². The minimum Gasteiger partial charge on any atom is -0.134 e. The van der Waals surface area contributed by atoms with Crippen LogP contribution in [0.25, 0.3) is 120 Å². The molecule has 0 aliphatic carbocycles. The maximum atomic E-state index is 2.43. The highest BCUT2D eigenvalue weighted by Crippen LogP contribution is 2.50. The van der Waals surface area contributed by atoms with Crippen LogP contribution in [0, 0.1) is 0 Å². The minimum absolute atomic E-state index is 1.20. The summed E-state index contributed by atoms with van der Waals surface area (Å²) in [4.78, 5) is 0. The molecule has 304 valence electrons. The van der Waals surface area contributed by atoms with Crippen molar-refractivity contribution in [1.82, 2.24) is 0 Å². The Hall–Kier alpha value is -8.10. The predicted octanol–water partition coefficient (Wildman–Crippen LogP) is 18.5. The van der Waals surface area contributed by atoms with E-state index in [-0.39, 0.29) is 0 Å². The van der Waals surface area contributed by atoms with Crippen LogP contribution in [-0.2, 0) is 0 Å². The lowest BCUT2D eigenvalue weighted by Crippen LogP contribution is -1.90. The second-order valence-corrected chi connectivity index (χ2v) is 17.8. The highest BCUT2D eigenvalue weighted by Gasteiger charge is 2.21. The number of hydrogen-bond acceptors (Lipinski definition) is 1. The molecule has 0 saturated carbocycles. The second-order valence-electron chi connectivity index (χ2n) is 16.8. The van der Waals surface area contributed by atoms with Crippen LogP contribution in [0.5, 0.6) is 0 Å². The van der Waals surface area contributed by atoms with Crippen molar-refractivity contribution in [2.24, 2.45) is 0 Å². The molecule has 0 fully saturated rings. The van der Waals surface area contributed by atoms with Gasteiger partial charge < -0.3 is 0 Å². The molecule has 1 aromatic heterocycles. The van der Waals surface area contributed by atoms with Crippen LogP contribution in [0.3, 0.4) is 0 Å². The van der Waals surface area contributed by atoms with Gasteiger partial charge in [-0.25, -0.2) is 0 Å². The number of rotatable bonds is 8. The maximum absolute atomic E-state index is 2.43. The quantitative estimate of drug-likeness (QED) is 0.143. The van der Waals surface area contributed by atoms with Crippen molar-refractivity contribution in [2.75, 3.05) is 0 Å². The monoisotopic (exact) mass is 842 g/mol. The molecule has 0 spiro atoms. The van der Waals surface area contributed by atoms with Crippen molar-refractivity contribution in [1.29, 1.82) is 0 Å². The molecule has 11 aromatic carbocycles. The van der Waals surface area contributed by atoms with E-state index in [0.29, 0.717) is 0 Å². The largest absolute Gasteiger partial charge is 0.134 e. The van der Waals surface area contributed by atoms with Crippen molar-refractivity contribution >= 4 is 42.3 Å². The topological polar surface area (TPSA) is 0 Å². The first-order valence-corrected chi connectivity index (χ1v) is 23.1. The lowest BCUT2D eigenvalue weighted by atomic mass is 9.88. The first-order chi connectivity index (χ1) is 32.2. The van der Waals surface area contributed by atoms with Crippen LogP contribution >= 0.6 is 11.3 Å². The van der Waals surface area contributed by atoms with E-state index in [1.54, 1.807) is 0 Å². The van der Waals surface area contributed by atoms with Crippen LogP contribution in [0.15, 0.2) is 255 Å². The van der Waals surface area contributed by atoms with Gasteiger partial charge in [0.2, 0.25) is 0 Å². The molecule has 12 aromatic rings. The van der Waals surface area contributed by atoms with E-state index in [4.69, 9.17) is 0 Å². The summed E-state index contributed by atoms with van der Waals surface area (Å²) in [6, 6.07) is 93.4. The van der Waals surface area contributed by atoms with Crippen molar-refractivity contribution in [3.8, 4) is 89.0 Å². The highest BCUT2D eigenvalue weighted by molar-refractivity contribution is 7.27. The number of hydrogen-bond donors (Lipinski definition) is 0. The molecule has 0 aliphatic heterocycles. The van der Waals surface area contributed by atoms with Gasteiger partial charge in [0.05, 0.1) is 0 Å².